The Balaban J connectivity index is 1.98. The molecule has 2 rings (SSSR count). The number of amides is 2. The van der Waals surface area contributed by atoms with Crippen molar-refractivity contribution in [2.24, 2.45) is 5.92 Å². The first-order valence-corrected chi connectivity index (χ1v) is 7.78. The van der Waals surface area contributed by atoms with Gasteiger partial charge in [-0.25, -0.2) is 4.79 Å². The van der Waals surface area contributed by atoms with Crippen LogP contribution in [0.15, 0.2) is 0 Å². The van der Waals surface area contributed by atoms with Gasteiger partial charge >= 0.3 is 12.0 Å². The fourth-order valence-corrected chi connectivity index (χ4v) is 3.61. The lowest BCUT2D eigenvalue weighted by molar-refractivity contribution is -0.138. The Morgan fingerprint density at radius 1 is 1.10 bits per heavy atom. The third kappa shape index (κ3) is 3.44. The van der Waals surface area contributed by atoms with E-state index in [2.05, 4.69) is 13.8 Å². The molecule has 0 saturated carbocycles. The molecule has 2 amide bonds. The molecule has 3 unspecified atom stereocenters. The molecule has 2 aliphatic rings. The van der Waals surface area contributed by atoms with Crippen LogP contribution in [-0.2, 0) is 4.79 Å². The Morgan fingerprint density at radius 2 is 1.75 bits per heavy atom. The maximum Gasteiger partial charge on any atom is 0.320 e. The number of carbonyl (C=O) groups excluding carboxylic acids is 1. The summed E-state index contributed by atoms with van der Waals surface area (Å²) in [7, 11) is 0. The number of rotatable bonds is 2. The normalized spacial score (nSPS) is 31.2. The quantitative estimate of drug-likeness (QED) is 0.846. The molecular weight excluding hydrogens is 256 g/mol. The van der Waals surface area contributed by atoms with Gasteiger partial charge in [-0.3, -0.25) is 4.79 Å². The zero-order chi connectivity index (χ0) is 14.7. The minimum absolute atomic E-state index is 0.111. The number of nitrogens with zero attached hydrogens (tertiary/aromatic N) is 2. The number of hydrogen-bond acceptors (Lipinski definition) is 2. The zero-order valence-electron chi connectivity index (χ0n) is 12.5. The van der Waals surface area contributed by atoms with Crippen LogP contribution in [0.4, 0.5) is 4.79 Å². The average Bonchev–Trinajstić information content (AvgIpc) is 2.38. The molecule has 0 aromatic heterocycles. The molecule has 0 aromatic carbocycles. The van der Waals surface area contributed by atoms with E-state index in [0.29, 0.717) is 18.6 Å². The minimum Gasteiger partial charge on any atom is -0.481 e. The van der Waals surface area contributed by atoms with Gasteiger partial charge < -0.3 is 14.9 Å². The molecule has 1 N–H and O–H groups in total. The van der Waals surface area contributed by atoms with Crippen molar-refractivity contribution in [1.82, 2.24) is 9.80 Å². The molecule has 5 heteroatoms. The Bertz CT molecular complexity index is 362. The van der Waals surface area contributed by atoms with Gasteiger partial charge in [0.15, 0.2) is 0 Å². The average molecular weight is 282 g/mol. The summed E-state index contributed by atoms with van der Waals surface area (Å²) in [5.41, 5.74) is 0. The largest absolute Gasteiger partial charge is 0.481 e. The Hall–Kier alpha value is -1.26. The van der Waals surface area contributed by atoms with E-state index < -0.39 is 5.97 Å². The Morgan fingerprint density at radius 3 is 2.35 bits per heavy atom. The number of likely N-dealkylation sites (tertiary alicyclic amines) is 2. The van der Waals surface area contributed by atoms with Crippen molar-refractivity contribution in [3.8, 4) is 0 Å². The van der Waals surface area contributed by atoms with Crippen molar-refractivity contribution in [3.05, 3.63) is 0 Å². The van der Waals surface area contributed by atoms with Gasteiger partial charge in [-0.2, -0.15) is 0 Å². The molecule has 0 aliphatic carbocycles. The second kappa shape index (κ2) is 6.46. The van der Waals surface area contributed by atoms with E-state index in [9.17, 15) is 9.59 Å². The molecule has 2 saturated heterocycles. The molecule has 0 bridgehead atoms. The molecule has 0 radical (unpaired) electrons. The highest BCUT2D eigenvalue weighted by atomic mass is 16.4. The summed E-state index contributed by atoms with van der Waals surface area (Å²) in [6, 6.07) is 0.706. The molecule has 2 aliphatic heterocycles. The highest BCUT2D eigenvalue weighted by Crippen LogP contribution is 2.26. The van der Waals surface area contributed by atoms with E-state index in [-0.39, 0.29) is 18.4 Å². The van der Waals surface area contributed by atoms with Crippen LogP contribution in [0.5, 0.6) is 0 Å². The summed E-state index contributed by atoms with van der Waals surface area (Å²) < 4.78 is 0. The maximum absolute atomic E-state index is 12.7. The molecule has 114 valence electrons. The molecule has 5 nitrogen and oxygen atoms in total. The first-order valence-electron chi connectivity index (χ1n) is 7.78. The van der Waals surface area contributed by atoms with E-state index in [0.717, 1.165) is 32.2 Å². The van der Waals surface area contributed by atoms with Crippen molar-refractivity contribution in [2.45, 2.75) is 64.5 Å². The number of piperidine rings is 2. The third-order valence-electron chi connectivity index (χ3n) is 4.67. The van der Waals surface area contributed by atoms with E-state index in [1.54, 1.807) is 0 Å². The summed E-state index contributed by atoms with van der Waals surface area (Å²) in [5.74, 6) is -0.649. The molecular formula is C15H26N2O3. The predicted octanol–water partition coefficient (Wildman–Crippen LogP) is 2.56. The van der Waals surface area contributed by atoms with Crippen LogP contribution in [-0.4, -0.2) is 52.1 Å². The highest BCUT2D eigenvalue weighted by molar-refractivity contribution is 5.75. The van der Waals surface area contributed by atoms with Crippen LogP contribution in [0.3, 0.4) is 0 Å². The standard InChI is InChI=1S/C15H26N2O3/c1-11-5-3-6-12(2)17(11)15(20)16-8-4-7-13(10-16)9-14(18)19/h11-13H,3-10H2,1-2H3,(H,18,19). The van der Waals surface area contributed by atoms with E-state index >= 15 is 0 Å². The van der Waals surface area contributed by atoms with Gasteiger partial charge in [-0.1, -0.05) is 0 Å². The second-order valence-electron chi connectivity index (χ2n) is 6.37. The van der Waals surface area contributed by atoms with E-state index in [1.165, 1.54) is 6.42 Å². The second-order valence-corrected chi connectivity index (χ2v) is 6.37. The van der Waals surface area contributed by atoms with Crippen molar-refractivity contribution < 1.29 is 14.7 Å². The summed E-state index contributed by atoms with van der Waals surface area (Å²) in [4.78, 5) is 27.4. The predicted molar refractivity (Wildman–Crippen MR) is 76.6 cm³/mol. The van der Waals surface area contributed by atoms with Crippen LogP contribution in [0.1, 0.15) is 52.4 Å². The molecule has 3 atom stereocenters. The summed E-state index contributed by atoms with van der Waals surface area (Å²) >= 11 is 0. The van der Waals surface area contributed by atoms with Crippen molar-refractivity contribution in [1.29, 1.82) is 0 Å². The van der Waals surface area contributed by atoms with Crippen LogP contribution < -0.4 is 0 Å². The number of urea groups is 1. The molecule has 2 fully saturated rings. The minimum atomic E-state index is -0.760. The lowest BCUT2D eigenvalue weighted by Crippen LogP contribution is -2.55. The summed E-state index contributed by atoms with van der Waals surface area (Å²) in [5, 5.41) is 8.91. The fraction of sp³-hybridized carbons (Fsp3) is 0.867. The number of aliphatic carboxylic acids is 1. The van der Waals surface area contributed by atoms with Crippen molar-refractivity contribution in [3.63, 3.8) is 0 Å². The lowest BCUT2D eigenvalue weighted by Gasteiger charge is -2.43. The highest BCUT2D eigenvalue weighted by Gasteiger charge is 2.34. The van der Waals surface area contributed by atoms with E-state index in [1.807, 2.05) is 9.80 Å². The van der Waals surface area contributed by atoms with Gasteiger partial charge in [0.25, 0.3) is 0 Å². The molecule has 20 heavy (non-hydrogen) atoms. The molecule has 0 aromatic rings. The number of carboxylic acid groups (broad SMARTS) is 1. The van der Waals surface area contributed by atoms with Gasteiger partial charge in [0.1, 0.15) is 0 Å². The third-order valence-corrected chi connectivity index (χ3v) is 4.67. The van der Waals surface area contributed by atoms with Crippen molar-refractivity contribution in [2.75, 3.05) is 13.1 Å². The van der Waals surface area contributed by atoms with Crippen molar-refractivity contribution >= 4 is 12.0 Å². The Kier molecular flexibility index (Phi) is 4.89. The monoisotopic (exact) mass is 282 g/mol. The number of hydrogen-bond donors (Lipinski definition) is 1. The molecule has 2 heterocycles. The van der Waals surface area contributed by atoms with Gasteiger partial charge in [-0.05, 0) is 51.9 Å². The van der Waals surface area contributed by atoms with Crippen LogP contribution in [0, 0.1) is 5.92 Å². The van der Waals surface area contributed by atoms with Gasteiger partial charge in [-0.15, -0.1) is 0 Å². The van der Waals surface area contributed by atoms with Crippen LogP contribution in [0.25, 0.3) is 0 Å². The summed E-state index contributed by atoms with van der Waals surface area (Å²) in [6.45, 7) is 5.60. The lowest BCUT2D eigenvalue weighted by atomic mass is 9.94. The number of carbonyl (C=O) groups is 2. The first kappa shape index (κ1) is 15.1. The van der Waals surface area contributed by atoms with Crippen LogP contribution >= 0.6 is 0 Å². The first-order chi connectivity index (χ1) is 9.49. The SMILES string of the molecule is CC1CCCC(C)N1C(=O)N1CCCC(CC(=O)O)C1. The molecule has 0 spiro atoms. The fourth-order valence-electron chi connectivity index (χ4n) is 3.61. The topological polar surface area (TPSA) is 60.9 Å². The van der Waals surface area contributed by atoms with Gasteiger partial charge in [0, 0.05) is 31.6 Å². The van der Waals surface area contributed by atoms with Gasteiger partial charge in [0.05, 0.1) is 0 Å². The summed E-state index contributed by atoms with van der Waals surface area (Å²) in [6.07, 6.45) is 5.34. The maximum atomic E-state index is 12.7. The van der Waals surface area contributed by atoms with Crippen LogP contribution in [0.2, 0.25) is 0 Å². The Labute approximate surface area is 120 Å². The van der Waals surface area contributed by atoms with E-state index in [4.69, 9.17) is 5.11 Å². The zero-order valence-corrected chi connectivity index (χ0v) is 12.5. The van der Waals surface area contributed by atoms with Gasteiger partial charge in [0.2, 0.25) is 0 Å². The smallest absolute Gasteiger partial charge is 0.320 e. The number of carboxylic acids is 1.